The van der Waals surface area contributed by atoms with Crippen molar-refractivity contribution >= 4 is 43.9 Å². The van der Waals surface area contributed by atoms with E-state index in [1.54, 1.807) is 30.6 Å². The molecule has 102 valence electrons. The molecule has 0 unspecified atom stereocenters. The summed E-state index contributed by atoms with van der Waals surface area (Å²) in [6.45, 7) is 2.05. The SMILES string of the molecule is CCOC(=O)c1ncsc1Nc1ccc(C#N)cc1Br. The van der Waals surface area contributed by atoms with Crippen LogP contribution in [0.1, 0.15) is 23.0 Å². The fourth-order valence-corrected chi connectivity index (χ4v) is 2.65. The van der Waals surface area contributed by atoms with Gasteiger partial charge in [-0.1, -0.05) is 0 Å². The zero-order chi connectivity index (χ0) is 14.5. The summed E-state index contributed by atoms with van der Waals surface area (Å²) in [7, 11) is 0. The molecule has 0 spiro atoms. The second-order valence-electron chi connectivity index (χ2n) is 3.68. The Morgan fingerprint density at radius 1 is 1.60 bits per heavy atom. The van der Waals surface area contributed by atoms with Gasteiger partial charge in [-0.25, -0.2) is 9.78 Å². The third-order valence-corrected chi connectivity index (χ3v) is 3.78. The zero-order valence-corrected chi connectivity index (χ0v) is 12.9. The number of thiazole rings is 1. The largest absolute Gasteiger partial charge is 0.461 e. The molecule has 0 aliphatic heterocycles. The number of carbonyl (C=O) groups is 1. The van der Waals surface area contributed by atoms with Crippen molar-refractivity contribution in [3.8, 4) is 6.07 Å². The summed E-state index contributed by atoms with van der Waals surface area (Å²) in [5, 5.41) is 12.5. The molecule has 1 heterocycles. The number of anilines is 2. The average Bonchev–Trinajstić information content (AvgIpc) is 2.89. The van der Waals surface area contributed by atoms with Gasteiger partial charge < -0.3 is 10.1 Å². The highest BCUT2D eigenvalue weighted by molar-refractivity contribution is 9.10. The molecular weight excluding hydrogens is 342 g/mol. The quantitative estimate of drug-likeness (QED) is 0.850. The van der Waals surface area contributed by atoms with Crippen LogP contribution in [-0.4, -0.2) is 17.6 Å². The molecule has 2 rings (SSSR count). The molecule has 0 saturated heterocycles. The summed E-state index contributed by atoms with van der Waals surface area (Å²) < 4.78 is 5.68. The van der Waals surface area contributed by atoms with Crippen LogP contribution >= 0.6 is 27.3 Å². The third kappa shape index (κ3) is 3.15. The number of carbonyl (C=O) groups excluding carboxylic acids is 1. The molecule has 5 nitrogen and oxygen atoms in total. The molecule has 0 aliphatic rings. The Labute approximate surface area is 128 Å². The molecule has 0 bridgehead atoms. The third-order valence-electron chi connectivity index (χ3n) is 2.38. The summed E-state index contributed by atoms with van der Waals surface area (Å²) in [5.41, 5.74) is 3.14. The molecule has 0 radical (unpaired) electrons. The fraction of sp³-hybridized carbons (Fsp3) is 0.154. The number of halogens is 1. The average molecular weight is 352 g/mol. The standard InChI is InChI=1S/C13H10BrN3O2S/c1-2-19-13(18)11-12(20-7-16-11)17-10-4-3-8(6-15)5-9(10)14/h3-5,7,17H,2H2,1H3. The van der Waals surface area contributed by atoms with E-state index in [4.69, 9.17) is 10.00 Å². The molecule has 0 atom stereocenters. The summed E-state index contributed by atoms with van der Waals surface area (Å²) in [6.07, 6.45) is 0. The van der Waals surface area contributed by atoms with Crippen molar-refractivity contribution in [2.75, 3.05) is 11.9 Å². The van der Waals surface area contributed by atoms with Crippen molar-refractivity contribution in [1.82, 2.24) is 4.98 Å². The Morgan fingerprint density at radius 3 is 3.05 bits per heavy atom. The Kier molecular flexibility index (Phi) is 4.71. The minimum Gasteiger partial charge on any atom is -0.461 e. The van der Waals surface area contributed by atoms with E-state index < -0.39 is 5.97 Å². The van der Waals surface area contributed by atoms with E-state index in [9.17, 15) is 4.79 Å². The first-order chi connectivity index (χ1) is 9.65. The zero-order valence-electron chi connectivity index (χ0n) is 10.5. The predicted molar refractivity (Wildman–Crippen MR) is 80.2 cm³/mol. The van der Waals surface area contributed by atoms with Crippen molar-refractivity contribution < 1.29 is 9.53 Å². The van der Waals surface area contributed by atoms with Gasteiger partial charge in [-0.2, -0.15) is 5.26 Å². The second-order valence-corrected chi connectivity index (χ2v) is 5.39. The lowest BCUT2D eigenvalue weighted by atomic mass is 10.2. The van der Waals surface area contributed by atoms with Gasteiger partial charge >= 0.3 is 5.97 Å². The minimum absolute atomic E-state index is 0.258. The number of aromatic nitrogens is 1. The number of hydrogen-bond acceptors (Lipinski definition) is 6. The number of esters is 1. The smallest absolute Gasteiger partial charge is 0.360 e. The second kappa shape index (κ2) is 6.50. The molecular formula is C13H10BrN3O2S. The molecule has 0 aliphatic carbocycles. The van der Waals surface area contributed by atoms with E-state index in [-0.39, 0.29) is 5.69 Å². The maximum absolute atomic E-state index is 11.7. The van der Waals surface area contributed by atoms with Crippen LogP contribution < -0.4 is 5.32 Å². The number of ether oxygens (including phenoxy) is 1. The summed E-state index contributed by atoms with van der Waals surface area (Å²) >= 11 is 4.69. The number of hydrogen-bond donors (Lipinski definition) is 1. The van der Waals surface area contributed by atoms with Crippen LogP contribution in [0.3, 0.4) is 0 Å². The van der Waals surface area contributed by atoms with Crippen molar-refractivity contribution in [2.45, 2.75) is 6.92 Å². The molecule has 0 amide bonds. The highest BCUT2D eigenvalue weighted by atomic mass is 79.9. The van der Waals surface area contributed by atoms with Crippen LogP contribution in [-0.2, 0) is 4.74 Å². The maximum atomic E-state index is 11.7. The Hall–Kier alpha value is -1.91. The van der Waals surface area contributed by atoms with Gasteiger partial charge in [0.15, 0.2) is 5.69 Å². The van der Waals surface area contributed by atoms with Crippen LogP contribution in [0.2, 0.25) is 0 Å². The van der Waals surface area contributed by atoms with Gasteiger partial charge in [0, 0.05) is 4.47 Å². The Balaban J connectivity index is 2.25. The Bertz CT molecular complexity index is 678. The first-order valence-corrected chi connectivity index (χ1v) is 7.40. The molecule has 1 N–H and O–H groups in total. The van der Waals surface area contributed by atoms with E-state index in [1.165, 1.54) is 11.3 Å². The van der Waals surface area contributed by atoms with E-state index in [0.29, 0.717) is 17.2 Å². The number of benzene rings is 1. The van der Waals surface area contributed by atoms with Crippen LogP contribution in [0.5, 0.6) is 0 Å². The molecule has 0 fully saturated rings. The van der Waals surface area contributed by atoms with Crippen molar-refractivity contribution in [3.63, 3.8) is 0 Å². The van der Waals surface area contributed by atoms with Crippen LogP contribution in [0.25, 0.3) is 0 Å². The summed E-state index contributed by atoms with van der Waals surface area (Å²) in [5.74, 6) is -0.457. The molecule has 2 aromatic rings. The summed E-state index contributed by atoms with van der Waals surface area (Å²) in [4.78, 5) is 15.7. The van der Waals surface area contributed by atoms with E-state index >= 15 is 0 Å². The number of nitrogens with zero attached hydrogens (tertiary/aromatic N) is 2. The number of nitrogens with one attached hydrogen (secondary N) is 1. The number of nitriles is 1. The molecule has 0 saturated carbocycles. The lowest BCUT2D eigenvalue weighted by molar-refractivity contribution is 0.0521. The predicted octanol–water partition coefficient (Wildman–Crippen LogP) is 3.70. The normalized spacial score (nSPS) is 9.85. The topological polar surface area (TPSA) is 75.0 Å². The van der Waals surface area contributed by atoms with Gasteiger partial charge in [0.25, 0.3) is 0 Å². The van der Waals surface area contributed by atoms with Crippen LogP contribution in [0.4, 0.5) is 10.7 Å². The first kappa shape index (κ1) is 14.5. The van der Waals surface area contributed by atoms with Gasteiger partial charge in [-0.05, 0) is 41.1 Å². The fourth-order valence-electron chi connectivity index (χ4n) is 1.49. The maximum Gasteiger partial charge on any atom is 0.360 e. The van der Waals surface area contributed by atoms with Gasteiger partial charge in [0.1, 0.15) is 5.00 Å². The highest BCUT2D eigenvalue weighted by Crippen LogP contribution is 2.30. The van der Waals surface area contributed by atoms with Crippen LogP contribution in [0.15, 0.2) is 28.2 Å². The van der Waals surface area contributed by atoms with Gasteiger partial charge in [-0.15, -0.1) is 11.3 Å². The minimum atomic E-state index is -0.457. The lowest BCUT2D eigenvalue weighted by Crippen LogP contribution is -2.07. The highest BCUT2D eigenvalue weighted by Gasteiger charge is 2.16. The van der Waals surface area contributed by atoms with Gasteiger partial charge in [0.05, 0.1) is 29.4 Å². The van der Waals surface area contributed by atoms with Crippen molar-refractivity contribution in [3.05, 3.63) is 39.4 Å². The molecule has 20 heavy (non-hydrogen) atoms. The van der Waals surface area contributed by atoms with E-state index in [0.717, 1.165) is 10.2 Å². The Morgan fingerprint density at radius 2 is 2.40 bits per heavy atom. The lowest BCUT2D eigenvalue weighted by Gasteiger charge is -2.08. The van der Waals surface area contributed by atoms with E-state index in [2.05, 4.69) is 32.3 Å². The molecule has 7 heteroatoms. The van der Waals surface area contributed by atoms with Crippen molar-refractivity contribution in [1.29, 1.82) is 5.26 Å². The monoisotopic (exact) mass is 351 g/mol. The molecule has 1 aromatic carbocycles. The van der Waals surface area contributed by atoms with Crippen molar-refractivity contribution in [2.24, 2.45) is 0 Å². The van der Waals surface area contributed by atoms with Gasteiger partial charge in [-0.3, -0.25) is 0 Å². The van der Waals surface area contributed by atoms with Gasteiger partial charge in [0.2, 0.25) is 0 Å². The summed E-state index contributed by atoms with van der Waals surface area (Å²) in [6, 6.07) is 7.21. The number of rotatable bonds is 4. The van der Waals surface area contributed by atoms with Crippen LogP contribution in [0, 0.1) is 11.3 Å². The first-order valence-electron chi connectivity index (χ1n) is 5.73. The molecule has 1 aromatic heterocycles. The van der Waals surface area contributed by atoms with E-state index in [1.807, 2.05) is 0 Å².